The maximum absolute atomic E-state index is 11.5. The summed E-state index contributed by atoms with van der Waals surface area (Å²) in [6.07, 6.45) is 10.4. The first-order chi connectivity index (χ1) is 7.63. The monoisotopic (exact) mass is 227 g/mol. The van der Waals surface area contributed by atoms with E-state index in [1.165, 1.54) is 32.1 Å². The standard InChI is InChI=1S/C14H29NO/c1-4-7-8-9-10-11-12-14(5-2,6-3)13(15)16/h4-12H2,1-3H3,(H2,15,16). The molecule has 0 saturated heterocycles. The van der Waals surface area contributed by atoms with Gasteiger partial charge in [-0.25, -0.2) is 0 Å². The Morgan fingerprint density at radius 1 is 0.938 bits per heavy atom. The number of carbonyl (C=O) groups excluding carboxylic acids is 1. The zero-order valence-corrected chi connectivity index (χ0v) is 11.3. The Hall–Kier alpha value is -0.530. The van der Waals surface area contributed by atoms with Crippen molar-refractivity contribution in [1.82, 2.24) is 0 Å². The Morgan fingerprint density at radius 2 is 1.44 bits per heavy atom. The molecule has 0 atom stereocenters. The predicted octanol–water partition coefficient (Wildman–Crippen LogP) is 4.03. The highest BCUT2D eigenvalue weighted by molar-refractivity contribution is 5.80. The fraction of sp³-hybridized carbons (Fsp3) is 0.929. The summed E-state index contributed by atoms with van der Waals surface area (Å²) in [6, 6.07) is 0. The molecule has 0 unspecified atom stereocenters. The molecule has 0 aromatic carbocycles. The van der Waals surface area contributed by atoms with Crippen LogP contribution in [0.15, 0.2) is 0 Å². The van der Waals surface area contributed by atoms with Gasteiger partial charge < -0.3 is 5.73 Å². The van der Waals surface area contributed by atoms with E-state index in [4.69, 9.17) is 5.73 Å². The largest absolute Gasteiger partial charge is 0.369 e. The lowest BCUT2D eigenvalue weighted by Crippen LogP contribution is -2.36. The molecule has 0 aliphatic carbocycles. The third kappa shape index (κ3) is 5.00. The van der Waals surface area contributed by atoms with Crippen LogP contribution in [0, 0.1) is 5.41 Å². The summed E-state index contributed by atoms with van der Waals surface area (Å²) >= 11 is 0. The van der Waals surface area contributed by atoms with Crippen molar-refractivity contribution in [2.45, 2.75) is 78.6 Å². The van der Waals surface area contributed by atoms with Gasteiger partial charge in [0.05, 0.1) is 0 Å². The minimum atomic E-state index is -0.231. The molecule has 0 aromatic rings. The number of amides is 1. The van der Waals surface area contributed by atoms with Crippen molar-refractivity contribution in [1.29, 1.82) is 0 Å². The molecule has 1 amide bonds. The van der Waals surface area contributed by atoms with Crippen molar-refractivity contribution in [3.8, 4) is 0 Å². The highest BCUT2D eigenvalue weighted by atomic mass is 16.1. The van der Waals surface area contributed by atoms with Crippen molar-refractivity contribution >= 4 is 5.91 Å². The SMILES string of the molecule is CCCCCCCCC(CC)(CC)C(N)=O. The Morgan fingerprint density at radius 3 is 1.88 bits per heavy atom. The molecule has 0 spiro atoms. The van der Waals surface area contributed by atoms with Gasteiger partial charge in [-0.3, -0.25) is 4.79 Å². The molecule has 0 radical (unpaired) electrons. The van der Waals surface area contributed by atoms with E-state index in [0.717, 1.165) is 25.7 Å². The first kappa shape index (κ1) is 15.5. The average molecular weight is 227 g/mol. The molecular formula is C14H29NO. The maximum Gasteiger partial charge on any atom is 0.223 e. The third-order valence-electron chi connectivity index (χ3n) is 3.89. The van der Waals surface area contributed by atoms with Gasteiger partial charge in [-0.05, 0) is 19.3 Å². The summed E-state index contributed by atoms with van der Waals surface area (Å²) in [4.78, 5) is 11.5. The summed E-state index contributed by atoms with van der Waals surface area (Å²) in [7, 11) is 0. The molecule has 0 saturated carbocycles. The summed E-state index contributed by atoms with van der Waals surface area (Å²) in [5.74, 6) is -0.106. The van der Waals surface area contributed by atoms with Crippen molar-refractivity contribution in [3.63, 3.8) is 0 Å². The predicted molar refractivity (Wildman–Crippen MR) is 70.2 cm³/mol. The molecule has 0 aliphatic heterocycles. The van der Waals surface area contributed by atoms with E-state index in [2.05, 4.69) is 20.8 Å². The van der Waals surface area contributed by atoms with Gasteiger partial charge in [0, 0.05) is 5.41 Å². The Bertz CT molecular complexity index is 185. The lowest BCUT2D eigenvalue weighted by molar-refractivity contribution is -0.128. The van der Waals surface area contributed by atoms with Crippen LogP contribution in [-0.2, 0) is 4.79 Å². The Balaban J connectivity index is 3.81. The quantitative estimate of drug-likeness (QED) is 0.563. The van der Waals surface area contributed by atoms with Crippen LogP contribution >= 0.6 is 0 Å². The van der Waals surface area contributed by atoms with Crippen molar-refractivity contribution in [2.24, 2.45) is 11.1 Å². The number of unbranched alkanes of at least 4 members (excludes halogenated alkanes) is 5. The molecule has 0 fully saturated rings. The zero-order valence-electron chi connectivity index (χ0n) is 11.3. The summed E-state index contributed by atoms with van der Waals surface area (Å²) < 4.78 is 0. The highest BCUT2D eigenvalue weighted by Crippen LogP contribution is 2.32. The number of hydrogen-bond acceptors (Lipinski definition) is 1. The second-order valence-corrected chi connectivity index (χ2v) is 4.87. The Kier molecular flexibility index (Phi) is 8.32. The minimum absolute atomic E-state index is 0.106. The number of rotatable bonds is 10. The fourth-order valence-electron chi connectivity index (χ4n) is 2.32. The molecule has 0 heterocycles. The molecule has 0 bridgehead atoms. The van der Waals surface area contributed by atoms with Crippen LogP contribution in [-0.4, -0.2) is 5.91 Å². The fourth-order valence-corrected chi connectivity index (χ4v) is 2.32. The normalized spacial score (nSPS) is 11.7. The topological polar surface area (TPSA) is 43.1 Å². The molecule has 2 N–H and O–H groups in total. The second-order valence-electron chi connectivity index (χ2n) is 4.87. The third-order valence-corrected chi connectivity index (χ3v) is 3.89. The molecular weight excluding hydrogens is 198 g/mol. The molecule has 2 nitrogen and oxygen atoms in total. The van der Waals surface area contributed by atoms with E-state index >= 15 is 0 Å². The van der Waals surface area contributed by atoms with E-state index in [9.17, 15) is 4.79 Å². The smallest absolute Gasteiger partial charge is 0.223 e. The van der Waals surface area contributed by atoms with Gasteiger partial charge in [-0.15, -0.1) is 0 Å². The van der Waals surface area contributed by atoms with Gasteiger partial charge in [0.25, 0.3) is 0 Å². The first-order valence-corrected chi connectivity index (χ1v) is 6.92. The van der Waals surface area contributed by atoms with Gasteiger partial charge in [-0.1, -0.05) is 59.3 Å². The van der Waals surface area contributed by atoms with E-state index < -0.39 is 0 Å². The molecule has 0 rings (SSSR count). The molecule has 2 heteroatoms. The van der Waals surface area contributed by atoms with Crippen LogP contribution in [0.5, 0.6) is 0 Å². The summed E-state index contributed by atoms with van der Waals surface area (Å²) in [5.41, 5.74) is 5.28. The van der Waals surface area contributed by atoms with E-state index in [0.29, 0.717) is 0 Å². The van der Waals surface area contributed by atoms with Crippen LogP contribution in [0.1, 0.15) is 78.6 Å². The van der Waals surface area contributed by atoms with E-state index in [1.807, 2.05) is 0 Å². The van der Waals surface area contributed by atoms with Gasteiger partial charge >= 0.3 is 0 Å². The van der Waals surface area contributed by atoms with Gasteiger partial charge in [0.15, 0.2) is 0 Å². The summed E-state index contributed by atoms with van der Waals surface area (Å²) in [5, 5.41) is 0. The van der Waals surface area contributed by atoms with Crippen molar-refractivity contribution in [3.05, 3.63) is 0 Å². The van der Waals surface area contributed by atoms with Gasteiger partial charge in [0.2, 0.25) is 5.91 Å². The van der Waals surface area contributed by atoms with Crippen LogP contribution < -0.4 is 5.73 Å². The van der Waals surface area contributed by atoms with Crippen molar-refractivity contribution in [2.75, 3.05) is 0 Å². The Labute approximate surface area is 101 Å². The second kappa shape index (κ2) is 8.60. The maximum atomic E-state index is 11.5. The molecule has 0 aliphatic rings. The first-order valence-electron chi connectivity index (χ1n) is 6.92. The van der Waals surface area contributed by atoms with Crippen LogP contribution in [0.4, 0.5) is 0 Å². The van der Waals surface area contributed by atoms with Gasteiger partial charge in [0.1, 0.15) is 0 Å². The lowest BCUT2D eigenvalue weighted by Gasteiger charge is -2.27. The van der Waals surface area contributed by atoms with Crippen LogP contribution in [0.25, 0.3) is 0 Å². The molecule has 0 aromatic heterocycles. The molecule has 96 valence electrons. The van der Waals surface area contributed by atoms with E-state index in [1.54, 1.807) is 0 Å². The highest BCUT2D eigenvalue weighted by Gasteiger charge is 2.31. The minimum Gasteiger partial charge on any atom is -0.369 e. The number of nitrogens with two attached hydrogens (primary N) is 1. The lowest BCUT2D eigenvalue weighted by atomic mass is 9.77. The number of hydrogen-bond donors (Lipinski definition) is 1. The number of primary amides is 1. The molecule has 16 heavy (non-hydrogen) atoms. The number of carbonyl (C=O) groups is 1. The van der Waals surface area contributed by atoms with Crippen LogP contribution in [0.3, 0.4) is 0 Å². The van der Waals surface area contributed by atoms with Crippen LogP contribution in [0.2, 0.25) is 0 Å². The van der Waals surface area contributed by atoms with Crippen molar-refractivity contribution < 1.29 is 4.79 Å². The zero-order chi connectivity index (χ0) is 12.4. The summed E-state index contributed by atoms with van der Waals surface area (Å²) in [6.45, 7) is 6.38. The average Bonchev–Trinajstić information content (AvgIpc) is 2.28. The van der Waals surface area contributed by atoms with Gasteiger partial charge in [-0.2, -0.15) is 0 Å². The van der Waals surface area contributed by atoms with E-state index in [-0.39, 0.29) is 11.3 Å².